The summed E-state index contributed by atoms with van der Waals surface area (Å²) in [5.41, 5.74) is 3.83. The Bertz CT molecular complexity index is 952. The minimum absolute atomic E-state index is 0. The molecular formula is C21H25ClN2O2. The Hall–Kier alpha value is -2.20. The number of pyridine rings is 2. The molecule has 1 N–H and O–H groups in total. The summed E-state index contributed by atoms with van der Waals surface area (Å²) in [5, 5.41) is 11.5. The molecular weight excluding hydrogens is 348 g/mol. The average Bonchev–Trinajstić information content (AvgIpc) is 2.53. The molecule has 0 unspecified atom stereocenters. The van der Waals surface area contributed by atoms with Crippen molar-refractivity contribution in [3.05, 3.63) is 47.3 Å². The highest BCUT2D eigenvalue weighted by atomic mass is 35.5. The van der Waals surface area contributed by atoms with Crippen molar-refractivity contribution in [2.24, 2.45) is 11.8 Å². The number of benzene rings is 1. The fourth-order valence-corrected chi connectivity index (χ4v) is 3.36. The van der Waals surface area contributed by atoms with Crippen LogP contribution in [0, 0.1) is 11.8 Å². The van der Waals surface area contributed by atoms with E-state index >= 15 is 0 Å². The molecule has 0 radical (unpaired) electrons. The lowest BCUT2D eigenvalue weighted by Gasteiger charge is -2.13. The molecule has 0 saturated carbocycles. The summed E-state index contributed by atoms with van der Waals surface area (Å²) in [5.74, 6) is -0.0264. The van der Waals surface area contributed by atoms with Gasteiger partial charge in [0.15, 0.2) is 0 Å². The molecule has 138 valence electrons. The normalized spacial score (nSPS) is 11.3. The summed E-state index contributed by atoms with van der Waals surface area (Å²) in [6.45, 7) is 8.64. The molecule has 0 bridgehead atoms. The third kappa shape index (κ3) is 3.96. The summed E-state index contributed by atoms with van der Waals surface area (Å²) < 4.78 is 0. The first-order chi connectivity index (χ1) is 11.9. The van der Waals surface area contributed by atoms with Crippen molar-refractivity contribution in [3.63, 3.8) is 0 Å². The topological polar surface area (TPSA) is 63.1 Å². The van der Waals surface area contributed by atoms with E-state index in [0.29, 0.717) is 17.4 Å². The quantitative estimate of drug-likeness (QED) is 0.617. The van der Waals surface area contributed by atoms with Crippen molar-refractivity contribution in [2.75, 3.05) is 0 Å². The maximum atomic E-state index is 11.5. The monoisotopic (exact) mass is 372 g/mol. The van der Waals surface area contributed by atoms with E-state index in [1.165, 1.54) is 5.56 Å². The highest BCUT2D eigenvalue weighted by Crippen LogP contribution is 2.29. The molecule has 26 heavy (non-hydrogen) atoms. The smallest absolute Gasteiger partial charge is 0.354 e. The van der Waals surface area contributed by atoms with E-state index in [0.717, 1.165) is 34.7 Å². The van der Waals surface area contributed by atoms with E-state index in [2.05, 4.69) is 49.8 Å². The number of fused-ring (bicyclic) bond motifs is 3. The van der Waals surface area contributed by atoms with Crippen molar-refractivity contribution in [1.29, 1.82) is 0 Å². The Morgan fingerprint density at radius 1 is 0.962 bits per heavy atom. The number of nitrogens with zero attached hydrogens (tertiary/aromatic N) is 2. The molecule has 2 aromatic heterocycles. The average molecular weight is 373 g/mol. The van der Waals surface area contributed by atoms with Gasteiger partial charge < -0.3 is 5.11 Å². The lowest BCUT2D eigenvalue weighted by Crippen LogP contribution is -2.05. The number of aromatic carboxylic acids is 1. The Morgan fingerprint density at radius 3 is 2.12 bits per heavy atom. The van der Waals surface area contributed by atoms with Gasteiger partial charge in [-0.3, -0.25) is 4.98 Å². The summed E-state index contributed by atoms with van der Waals surface area (Å²) in [4.78, 5) is 20.5. The molecule has 3 rings (SSSR count). The van der Waals surface area contributed by atoms with Gasteiger partial charge in [-0.15, -0.1) is 12.4 Å². The minimum atomic E-state index is -0.998. The molecule has 0 atom stereocenters. The van der Waals surface area contributed by atoms with E-state index < -0.39 is 5.97 Å². The molecule has 0 saturated heterocycles. The van der Waals surface area contributed by atoms with Gasteiger partial charge in [-0.2, -0.15) is 0 Å². The van der Waals surface area contributed by atoms with Gasteiger partial charge in [0.1, 0.15) is 5.69 Å². The van der Waals surface area contributed by atoms with Crippen molar-refractivity contribution < 1.29 is 9.90 Å². The number of halogens is 1. The zero-order valence-electron chi connectivity index (χ0n) is 15.6. The van der Waals surface area contributed by atoms with Crippen LogP contribution in [0.3, 0.4) is 0 Å². The van der Waals surface area contributed by atoms with Crippen molar-refractivity contribution >= 4 is 40.2 Å². The summed E-state index contributed by atoms with van der Waals surface area (Å²) in [6, 6.07) is 7.92. The number of carbonyl (C=O) groups is 1. The van der Waals surface area contributed by atoms with Gasteiger partial charge in [-0.25, -0.2) is 9.78 Å². The van der Waals surface area contributed by atoms with E-state index in [4.69, 9.17) is 0 Å². The fourth-order valence-electron chi connectivity index (χ4n) is 3.36. The highest BCUT2D eigenvalue weighted by Gasteiger charge is 2.15. The van der Waals surface area contributed by atoms with Crippen LogP contribution in [0.1, 0.15) is 49.3 Å². The maximum absolute atomic E-state index is 11.5. The molecule has 0 aliphatic carbocycles. The summed E-state index contributed by atoms with van der Waals surface area (Å²) in [6.07, 6.45) is 3.58. The minimum Gasteiger partial charge on any atom is -0.477 e. The molecule has 0 aliphatic heterocycles. The van der Waals surface area contributed by atoms with Crippen LogP contribution in [0.25, 0.3) is 21.8 Å². The Labute approximate surface area is 160 Å². The second-order valence-corrected chi connectivity index (χ2v) is 7.50. The zero-order chi connectivity index (χ0) is 18.1. The molecule has 0 spiro atoms. The van der Waals surface area contributed by atoms with Crippen LogP contribution in [0.15, 0.2) is 30.5 Å². The van der Waals surface area contributed by atoms with Crippen LogP contribution < -0.4 is 0 Å². The van der Waals surface area contributed by atoms with E-state index in [-0.39, 0.29) is 18.1 Å². The van der Waals surface area contributed by atoms with Crippen LogP contribution in [-0.2, 0) is 12.8 Å². The first-order valence-corrected chi connectivity index (χ1v) is 8.80. The summed E-state index contributed by atoms with van der Waals surface area (Å²) in [7, 11) is 0. The molecule has 1 aromatic carbocycles. The van der Waals surface area contributed by atoms with E-state index in [1.807, 2.05) is 6.07 Å². The van der Waals surface area contributed by atoms with Crippen LogP contribution in [0.2, 0.25) is 0 Å². The number of hydrogen-bond acceptors (Lipinski definition) is 3. The zero-order valence-corrected chi connectivity index (χ0v) is 16.4. The molecule has 5 heteroatoms. The number of carboxylic acids is 1. The van der Waals surface area contributed by atoms with E-state index in [9.17, 15) is 9.90 Å². The molecule has 4 nitrogen and oxygen atoms in total. The SMILES string of the molecule is CC(C)Cc1ccnc2c1ccc1c(CC(C)C)cc(C(=O)O)nc12.Cl. The van der Waals surface area contributed by atoms with Crippen LogP contribution in [0.5, 0.6) is 0 Å². The fraction of sp³-hybridized carbons (Fsp3) is 0.381. The number of aromatic nitrogens is 2. The molecule has 0 amide bonds. The van der Waals surface area contributed by atoms with E-state index in [1.54, 1.807) is 12.3 Å². The highest BCUT2D eigenvalue weighted by molar-refractivity contribution is 6.06. The predicted molar refractivity (Wildman–Crippen MR) is 108 cm³/mol. The number of hydrogen-bond donors (Lipinski definition) is 1. The van der Waals surface area contributed by atoms with Gasteiger partial charge in [0, 0.05) is 17.0 Å². The van der Waals surface area contributed by atoms with Gasteiger partial charge in [-0.05, 0) is 47.9 Å². The van der Waals surface area contributed by atoms with Crippen molar-refractivity contribution in [1.82, 2.24) is 9.97 Å². The summed E-state index contributed by atoms with van der Waals surface area (Å²) >= 11 is 0. The largest absolute Gasteiger partial charge is 0.477 e. The van der Waals surface area contributed by atoms with Gasteiger partial charge >= 0.3 is 5.97 Å². The second-order valence-electron chi connectivity index (χ2n) is 7.50. The van der Waals surface area contributed by atoms with Gasteiger partial charge in [0.2, 0.25) is 0 Å². The van der Waals surface area contributed by atoms with Crippen molar-refractivity contribution in [3.8, 4) is 0 Å². The number of rotatable bonds is 5. The van der Waals surface area contributed by atoms with Crippen LogP contribution in [-0.4, -0.2) is 21.0 Å². The third-order valence-corrected chi connectivity index (χ3v) is 4.34. The molecule has 0 fully saturated rings. The Balaban J connectivity index is 0.00000243. The first kappa shape index (κ1) is 20.1. The molecule has 0 aliphatic rings. The lowest BCUT2D eigenvalue weighted by molar-refractivity contribution is 0.0691. The standard InChI is InChI=1S/C21H24N2O2.ClH/c1-12(2)9-14-7-8-22-19-16(14)5-6-17-15(10-13(3)4)11-18(21(24)25)23-20(17)19;/h5-8,11-13H,9-10H2,1-4H3,(H,24,25);1H. The third-order valence-electron chi connectivity index (χ3n) is 4.34. The van der Waals surface area contributed by atoms with Crippen LogP contribution in [0.4, 0.5) is 0 Å². The number of carboxylic acid groups (broad SMARTS) is 1. The van der Waals surface area contributed by atoms with Crippen LogP contribution >= 0.6 is 12.4 Å². The molecule has 3 aromatic rings. The maximum Gasteiger partial charge on any atom is 0.354 e. The van der Waals surface area contributed by atoms with Crippen molar-refractivity contribution in [2.45, 2.75) is 40.5 Å². The first-order valence-electron chi connectivity index (χ1n) is 8.80. The Kier molecular flexibility index (Phi) is 6.19. The predicted octanol–water partition coefficient (Wildman–Crippen LogP) is 5.30. The molecule has 2 heterocycles. The Morgan fingerprint density at radius 2 is 1.54 bits per heavy atom. The van der Waals surface area contributed by atoms with Gasteiger partial charge in [0.05, 0.1) is 11.0 Å². The van der Waals surface area contributed by atoms with Gasteiger partial charge in [0.25, 0.3) is 0 Å². The second kappa shape index (κ2) is 8.00. The van der Waals surface area contributed by atoms with Gasteiger partial charge in [-0.1, -0.05) is 39.8 Å². The lowest BCUT2D eigenvalue weighted by atomic mass is 9.95.